The van der Waals surface area contributed by atoms with E-state index in [0.717, 1.165) is 28.6 Å². The number of nitro benzene ring substituents is 1. The van der Waals surface area contributed by atoms with Crippen LogP contribution in [0.3, 0.4) is 0 Å². The van der Waals surface area contributed by atoms with Crippen molar-refractivity contribution in [3.8, 4) is 5.75 Å². The highest BCUT2D eigenvalue weighted by atomic mass is 32.2. The van der Waals surface area contributed by atoms with Crippen molar-refractivity contribution in [3.63, 3.8) is 0 Å². The molecule has 2 aromatic rings. The number of nitro groups is 1. The predicted octanol–water partition coefficient (Wildman–Crippen LogP) is 3.81. The lowest BCUT2D eigenvalue weighted by Crippen LogP contribution is -2.19. The number of phenols is 1. The maximum atomic E-state index is 12.1. The first-order valence-electron chi connectivity index (χ1n) is 7.68. The average Bonchev–Trinajstić information content (AvgIpc) is 2.92. The first kappa shape index (κ1) is 17.7. The maximum Gasteiger partial charge on any atom is 0.311 e. The van der Waals surface area contributed by atoms with E-state index in [4.69, 9.17) is 0 Å². The number of carbonyl (C=O) groups excluding carboxylic acids is 1. The summed E-state index contributed by atoms with van der Waals surface area (Å²) in [5.41, 5.74) is 3.03. The van der Waals surface area contributed by atoms with Gasteiger partial charge in [0.25, 0.3) is 5.91 Å². The summed E-state index contributed by atoms with van der Waals surface area (Å²) in [4.78, 5) is 27.1. The Balaban J connectivity index is 1.86. The molecule has 1 heterocycles. The molecule has 26 heavy (non-hydrogen) atoms. The number of aryl methyl sites for hydroxylation is 2. The van der Waals surface area contributed by atoms with Crippen LogP contribution in [0.25, 0.3) is 6.08 Å². The Morgan fingerprint density at radius 3 is 2.65 bits per heavy atom. The number of aliphatic imine (C=N–C) groups is 1. The molecule has 1 aliphatic rings. The quantitative estimate of drug-likeness (QED) is 0.486. The Kier molecular flexibility index (Phi) is 4.77. The lowest BCUT2D eigenvalue weighted by atomic mass is 10.1. The molecule has 1 amide bonds. The predicted molar refractivity (Wildman–Crippen MR) is 101 cm³/mol. The largest absolute Gasteiger partial charge is 0.502 e. The summed E-state index contributed by atoms with van der Waals surface area (Å²) in [5.74, 6) is -0.744. The van der Waals surface area contributed by atoms with Gasteiger partial charge in [-0.05, 0) is 66.6 Å². The lowest BCUT2D eigenvalue weighted by molar-refractivity contribution is -0.385. The van der Waals surface area contributed by atoms with Crippen molar-refractivity contribution in [1.29, 1.82) is 0 Å². The van der Waals surface area contributed by atoms with Crippen LogP contribution in [-0.2, 0) is 4.79 Å². The summed E-state index contributed by atoms with van der Waals surface area (Å²) < 4.78 is 0. The Bertz CT molecular complexity index is 982. The molecular weight excluding hydrogens is 354 g/mol. The van der Waals surface area contributed by atoms with E-state index in [1.807, 2.05) is 32.0 Å². The number of carbonyl (C=O) groups is 1. The third kappa shape index (κ3) is 3.75. The number of aromatic hydroxyl groups is 1. The molecule has 8 heteroatoms. The molecular formula is C18H15N3O4S. The summed E-state index contributed by atoms with van der Waals surface area (Å²) in [6.45, 7) is 4.00. The van der Waals surface area contributed by atoms with E-state index < -0.39 is 16.4 Å². The molecule has 2 aromatic carbocycles. The van der Waals surface area contributed by atoms with E-state index in [1.54, 1.807) is 0 Å². The molecule has 0 unspecified atom stereocenters. The molecule has 0 saturated carbocycles. The van der Waals surface area contributed by atoms with Crippen molar-refractivity contribution < 1.29 is 14.8 Å². The SMILES string of the molecule is Cc1ccc(N=C2NC(=O)/C(=C/c3ccc(O)c([N+](=O)[O-])c3)S2)cc1C. The van der Waals surface area contributed by atoms with Crippen LogP contribution >= 0.6 is 11.8 Å². The highest BCUT2D eigenvalue weighted by Crippen LogP contribution is 2.31. The normalized spacial score (nSPS) is 16.9. The van der Waals surface area contributed by atoms with E-state index >= 15 is 0 Å². The summed E-state index contributed by atoms with van der Waals surface area (Å²) in [6, 6.07) is 9.71. The molecule has 1 aliphatic heterocycles. The summed E-state index contributed by atoms with van der Waals surface area (Å²) in [7, 11) is 0. The fraction of sp³-hybridized carbons (Fsp3) is 0.111. The van der Waals surface area contributed by atoms with Crippen molar-refractivity contribution in [2.24, 2.45) is 4.99 Å². The van der Waals surface area contributed by atoms with E-state index in [2.05, 4.69) is 10.3 Å². The van der Waals surface area contributed by atoms with Gasteiger partial charge in [0.2, 0.25) is 0 Å². The zero-order chi connectivity index (χ0) is 18.8. The van der Waals surface area contributed by atoms with Crippen molar-refractivity contribution in [2.45, 2.75) is 13.8 Å². The highest BCUT2D eigenvalue weighted by Gasteiger charge is 2.24. The van der Waals surface area contributed by atoms with Crippen molar-refractivity contribution in [1.82, 2.24) is 5.32 Å². The van der Waals surface area contributed by atoms with Gasteiger partial charge in [-0.1, -0.05) is 12.1 Å². The van der Waals surface area contributed by atoms with Crippen LogP contribution in [0.1, 0.15) is 16.7 Å². The Labute approximate surface area is 153 Å². The molecule has 132 valence electrons. The van der Waals surface area contributed by atoms with Gasteiger partial charge in [0.1, 0.15) is 0 Å². The zero-order valence-corrected chi connectivity index (χ0v) is 14.8. The van der Waals surface area contributed by atoms with Crippen LogP contribution in [0, 0.1) is 24.0 Å². The molecule has 0 atom stereocenters. The third-order valence-corrected chi connectivity index (χ3v) is 4.78. The molecule has 0 bridgehead atoms. The third-order valence-electron chi connectivity index (χ3n) is 3.87. The number of amides is 1. The molecule has 1 fully saturated rings. The summed E-state index contributed by atoms with van der Waals surface area (Å²) in [5, 5.41) is 23.5. The van der Waals surface area contributed by atoms with Crippen molar-refractivity contribution in [2.75, 3.05) is 0 Å². The zero-order valence-electron chi connectivity index (χ0n) is 14.0. The second kappa shape index (κ2) is 7.01. The Hall–Kier alpha value is -3.13. The van der Waals surface area contributed by atoms with Crippen LogP contribution in [-0.4, -0.2) is 21.1 Å². The Morgan fingerprint density at radius 2 is 1.96 bits per heavy atom. The number of amidine groups is 1. The van der Waals surface area contributed by atoms with Crippen LogP contribution < -0.4 is 5.32 Å². The number of thioether (sulfide) groups is 1. The molecule has 0 radical (unpaired) electrons. The molecule has 7 nitrogen and oxygen atoms in total. The molecule has 0 aliphatic carbocycles. The van der Waals surface area contributed by atoms with Crippen LogP contribution in [0.15, 0.2) is 46.3 Å². The van der Waals surface area contributed by atoms with Gasteiger partial charge in [-0.15, -0.1) is 0 Å². The smallest absolute Gasteiger partial charge is 0.311 e. The molecule has 0 aromatic heterocycles. The first-order chi connectivity index (χ1) is 12.3. The molecule has 3 rings (SSSR count). The van der Waals surface area contributed by atoms with Gasteiger partial charge in [0, 0.05) is 6.07 Å². The minimum absolute atomic E-state index is 0.326. The van der Waals surface area contributed by atoms with Gasteiger partial charge in [-0.25, -0.2) is 4.99 Å². The van der Waals surface area contributed by atoms with Gasteiger partial charge < -0.3 is 10.4 Å². The molecule has 0 spiro atoms. The number of benzene rings is 2. The number of hydrogen-bond acceptors (Lipinski definition) is 6. The maximum absolute atomic E-state index is 12.1. The standard InChI is InChI=1S/C18H15N3O4S/c1-10-3-5-13(7-11(10)2)19-18-20-17(23)16(26-18)9-12-4-6-15(22)14(8-12)21(24)25/h3-9,22H,1-2H3,(H,19,20,23)/b16-9-. The van der Waals surface area contributed by atoms with Gasteiger partial charge in [0.15, 0.2) is 10.9 Å². The van der Waals surface area contributed by atoms with E-state index in [0.29, 0.717) is 15.6 Å². The fourth-order valence-electron chi connectivity index (χ4n) is 2.32. The number of rotatable bonds is 3. The van der Waals surface area contributed by atoms with E-state index in [-0.39, 0.29) is 5.91 Å². The number of nitrogens with zero attached hydrogens (tertiary/aromatic N) is 2. The van der Waals surface area contributed by atoms with Gasteiger partial charge >= 0.3 is 5.69 Å². The monoisotopic (exact) mass is 369 g/mol. The van der Waals surface area contributed by atoms with Crippen molar-refractivity contribution in [3.05, 3.63) is 68.1 Å². The molecule has 1 saturated heterocycles. The Morgan fingerprint density at radius 1 is 1.19 bits per heavy atom. The highest BCUT2D eigenvalue weighted by molar-refractivity contribution is 8.18. The number of hydrogen-bond donors (Lipinski definition) is 2. The topological polar surface area (TPSA) is 105 Å². The van der Waals surface area contributed by atoms with Crippen LogP contribution in [0.5, 0.6) is 5.75 Å². The number of nitrogens with one attached hydrogen (secondary N) is 1. The van der Waals surface area contributed by atoms with Gasteiger partial charge in [-0.3, -0.25) is 14.9 Å². The summed E-state index contributed by atoms with van der Waals surface area (Å²) in [6.07, 6.45) is 1.52. The number of phenolic OH excluding ortho intramolecular Hbond substituents is 1. The van der Waals surface area contributed by atoms with E-state index in [9.17, 15) is 20.0 Å². The summed E-state index contributed by atoms with van der Waals surface area (Å²) >= 11 is 1.16. The van der Waals surface area contributed by atoms with Crippen LogP contribution in [0.2, 0.25) is 0 Å². The van der Waals surface area contributed by atoms with Gasteiger partial charge in [0.05, 0.1) is 15.5 Å². The van der Waals surface area contributed by atoms with E-state index in [1.165, 1.54) is 24.3 Å². The minimum Gasteiger partial charge on any atom is -0.502 e. The van der Waals surface area contributed by atoms with Crippen molar-refractivity contribution >= 4 is 40.3 Å². The molecule has 2 N–H and O–H groups in total. The second-order valence-corrected chi connectivity index (χ2v) is 6.79. The average molecular weight is 369 g/mol. The first-order valence-corrected chi connectivity index (χ1v) is 8.49. The minimum atomic E-state index is -0.675. The van der Waals surface area contributed by atoms with Gasteiger partial charge in [-0.2, -0.15) is 0 Å². The lowest BCUT2D eigenvalue weighted by Gasteiger charge is -2.01. The fourth-order valence-corrected chi connectivity index (χ4v) is 3.16. The second-order valence-electron chi connectivity index (χ2n) is 5.76. The van der Waals surface area contributed by atoms with Crippen LogP contribution in [0.4, 0.5) is 11.4 Å².